The van der Waals surface area contributed by atoms with Crippen LogP contribution in [0.25, 0.3) is 0 Å². The summed E-state index contributed by atoms with van der Waals surface area (Å²) in [6, 6.07) is 9.68. The third kappa shape index (κ3) is 4.23. The molecule has 2 atom stereocenters. The van der Waals surface area contributed by atoms with Gasteiger partial charge in [-0.1, -0.05) is 19.1 Å². The highest BCUT2D eigenvalue weighted by Gasteiger charge is 2.25. The molecule has 2 unspecified atom stereocenters. The first-order valence-corrected chi connectivity index (χ1v) is 8.31. The smallest absolute Gasteiger partial charge is 0.225 e. The standard InChI is InChI=1S/C16H21N3OS/c1-12-13(2)21-10-9-19(12)8-7-16(20)18-15-6-4-3-5-14(15)11-17/h3-6,12-13H,7-10H2,1-2H3,(H,18,20). The first kappa shape index (κ1) is 15.9. The molecule has 0 spiro atoms. The number of anilines is 1. The molecule has 112 valence electrons. The molecule has 1 amide bonds. The summed E-state index contributed by atoms with van der Waals surface area (Å²) < 4.78 is 0. The minimum absolute atomic E-state index is 0.0317. The number of carbonyl (C=O) groups excluding carboxylic acids is 1. The Balaban J connectivity index is 1.86. The fourth-order valence-corrected chi connectivity index (χ4v) is 3.62. The average molecular weight is 303 g/mol. The Morgan fingerprint density at radius 1 is 1.48 bits per heavy atom. The molecular formula is C16H21N3OS. The summed E-state index contributed by atoms with van der Waals surface area (Å²) in [4.78, 5) is 14.4. The number of hydrogen-bond donors (Lipinski definition) is 1. The average Bonchev–Trinajstić information content (AvgIpc) is 2.49. The zero-order valence-electron chi connectivity index (χ0n) is 12.5. The Morgan fingerprint density at radius 3 is 3.00 bits per heavy atom. The van der Waals surface area contributed by atoms with Crippen LogP contribution in [-0.2, 0) is 4.79 Å². The van der Waals surface area contributed by atoms with E-state index in [1.165, 1.54) is 0 Å². The fourth-order valence-electron chi connectivity index (χ4n) is 2.46. The number of para-hydroxylation sites is 1. The SMILES string of the molecule is CC1SCCN(CCC(=O)Nc2ccccc2C#N)C1C. The van der Waals surface area contributed by atoms with Gasteiger partial charge in [0.2, 0.25) is 5.91 Å². The first-order valence-electron chi connectivity index (χ1n) is 7.26. The topological polar surface area (TPSA) is 56.1 Å². The Kier molecular flexibility index (Phi) is 5.66. The molecule has 0 aliphatic carbocycles. The number of hydrogen-bond acceptors (Lipinski definition) is 4. The lowest BCUT2D eigenvalue weighted by atomic mass is 10.2. The van der Waals surface area contributed by atoms with Gasteiger partial charge < -0.3 is 5.32 Å². The van der Waals surface area contributed by atoms with Crippen LogP contribution >= 0.6 is 11.8 Å². The third-order valence-corrected chi connectivity index (χ3v) is 5.30. The van der Waals surface area contributed by atoms with E-state index in [9.17, 15) is 4.79 Å². The molecule has 1 aromatic rings. The highest BCUT2D eigenvalue weighted by Crippen LogP contribution is 2.24. The molecule has 0 saturated carbocycles. The normalized spacial score (nSPS) is 22.5. The van der Waals surface area contributed by atoms with Crippen molar-refractivity contribution in [2.45, 2.75) is 31.6 Å². The lowest BCUT2D eigenvalue weighted by molar-refractivity contribution is -0.116. The molecule has 2 rings (SSSR count). The van der Waals surface area contributed by atoms with Gasteiger partial charge in [0.25, 0.3) is 0 Å². The van der Waals surface area contributed by atoms with E-state index in [1.54, 1.807) is 18.2 Å². The Bertz CT molecular complexity index is 541. The molecule has 1 aromatic carbocycles. The van der Waals surface area contributed by atoms with Crippen molar-refractivity contribution < 1.29 is 4.79 Å². The van der Waals surface area contributed by atoms with Crippen LogP contribution in [0.4, 0.5) is 5.69 Å². The van der Waals surface area contributed by atoms with Crippen molar-refractivity contribution in [1.82, 2.24) is 4.90 Å². The second-order valence-electron chi connectivity index (χ2n) is 5.31. The molecule has 1 heterocycles. The zero-order chi connectivity index (χ0) is 15.2. The molecular weight excluding hydrogens is 282 g/mol. The van der Waals surface area contributed by atoms with Crippen molar-refractivity contribution in [3.63, 3.8) is 0 Å². The number of carbonyl (C=O) groups is 1. The number of nitrogens with one attached hydrogen (secondary N) is 1. The monoisotopic (exact) mass is 303 g/mol. The van der Waals surface area contributed by atoms with Gasteiger partial charge in [-0.25, -0.2) is 0 Å². The maximum Gasteiger partial charge on any atom is 0.225 e. The van der Waals surface area contributed by atoms with Crippen molar-refractivity contribution in [3.8, 4) is 6.07 Å². The number of rotatable bonds is 4. The van der Waals surface area contributed by atoms with Gasteiger partial charge >= 0.3 is 0 Å². The van der Waals surface area contributed by atoms with Gasteiger partial charge in [0.1, 0.15) is 6.07 Å². The van der Waals surface area contributed by atoms with Crippen molar-refractivity contribution in [3.05, 3.63) is 29.8 Å². The van der Waals surface area contributed by atoms with Crippen LogP contribution in [-0.4, -0.2) is 40.9 Å². The summed E-state index contributed by atoms with van der Waals surface area (Å²) in [5.41, 5.74) is 1.10. The summed E-state index contributed by atoms with van der Waals surface area (Å²) in [6.07, 6.45) is 0.460. The molecule has 1 aliphatic heterocycles. The van der Waals surface area contributed by atoms with E-state index in [0.29, 0.717) is 29.0 Å². The van der Waals surface area contributed by atoms with Gasteiger partial charge in [-0.05, 0) is 19.1 Å². The van der Waals surface area contributed by atoms with Gasteiger partial charge in [-0.3, -0.25) is 9.69 Å². The zero-order valence-corrected chi connectivity index (χ0v) is 13.3. The molecule has 1 aliphatic rings. The van der Waals surface area contributed by atoms with Crippen LogP contribution in [0.5, 0.6) is 0 Å². The Labute approximate surface area is 130 Å². The minimum atomic E-state index is -0.0317. The molecule has 1 N–H and O–H groups in total. The maximum atomic E-state index is 12.1. The Morgan fingerprint density at radius 2 is 2.24 bits per heavy atom. The lowest BCUT2D eigenvalue weighted by Gasteiger charge is -2.37. The lowest BCUT2D eigenvalue weighted by Crippen LogP contribution is -2.45. The largest absolute Gasteiger partial charge is 0.325 e. The van der Waals surface area contributed by atoms with Crippen LogP contribution in [0, 0.1) is 11.3 Å². The maximum absolute atomic E-state index is 12.1. The van der Waals surface area contributed by atoms with Crippen LogP contribution in [0.1, 0.15) is 25.8 Å². The highest BCUT2D eigenvalue weighted by atomic mass is 32.2. The van der Waals surface area contributed by atoms with Crippen molar-refractivity contribution >= 4 is 23.4 Å². The van der Waals surface area contributed by atoms with E-state index in [-0.39, 0.29) is 5.91 Å². The fraction of sp³-hybridized carbons (Fsp3) is 0.500. The van der Waals surface area contributed by atoms with E-state index >= 15 is 0 Å². The molecule has 0 bridgehead atoms. The number of nitriles is 1. The summed E-state index contributed by atoms with van der Waals surface area (Å²) in [6.45, 7) is 6.27. The second-order valence-corrected chi connectivity index (χ2v) is 6.79. The predicted octanol–water partition coefficient (Wildman–Crippen LogP) is 2.71. The highest BCUT2D eigenvalue weighted by molar-refractivity contribution is 8.00. The van der Waals surface area contributed by atoms with Crippen molar-refractivity contribution in [2.24, 2.45) is 0 Å². The minimum Gasteiger partial charge on any atom is -0.325 e. The third-order valence-electron chi connectivity index (χ3n) is 3.96. The molecule has 0 radical (unpaired) electrons. The summed E-state index contributed by atoms with van der Waals surface area (Å²) in [5.74, 6) is 1.10. The van der Waals surface area contributed by atoms with E-state index in [2.05, 4.69) is 30.1 Å². The molecule has 0 aromatic heterocycles. The number of thioether (sulfide) groups is 1. The quantitative estimate of drug-likeness (QED) is 0.929. The van der Waals surface area contributed by atoms with Gasteiger partial charge in [-0.2, -0.15) is 17.0 Å². The van der Waals surface area contributed by atoms with Crippen LogP contribution < -0.4 is 5.32 Å². The van der Waals surface area contributed by atoms with Gasteiger partial charge in [0, 0.05) is 36.6 Å². The molecule has 1 saturated heterocycles. The van der Waals surface area contributed by atoms with Crippen LogP contribution in [0.3, 0.4) is 0 Å². The molecule has 21 heavy (non-hydrogen) atoms. The van der Waals surface area contributed by atoms with E-state index < -0.39 is 0 Å². The summed E-state index contributed by atoms with van der Waals surface area (Å²) in [7, 11) is 0. The van der Waals surface area contributed by atoms with E-state index in [0.717, 1.165) is 18.8 Å². The summed E-state index contributed by atoms with van der Waals surface area (Å²) >= 11 is 1.99. The summed E-state index contributed by atoms with van der Waals surface area (Å²) in [5, 5.41) is 12.5. The number of benzene rings is 1. The van der Waals surface area contributed by atoms with Crippen molar-refractivity contribution in [2.75, 3.05) is 24.2 Å². The Hall–Kier alpha value is -1.51. The molecule has 5 heteroatoms. The van der Waals surface area contributed by atoms with Gasteiger partial charge in [0.05, 0.1) is 11.3 Å². The molecule has 4 nitrogen and oxygen atoms in total. The van der Waals surface area contributed by atoms with E-state index in [1.807, 2.05) is 17.8 Å². The predicted molar refractivity (Wildman–Crippen MR) is 87.4 cm³/mol. The van der Waals surface area contributed by atoms with Crippen molar-refractivity contribution in [1.29, 1.82) is 5.26 Å². The number of nitrogens with zero attached hydrogens (tertiary/aromatic N) is 2. The first-order chi connectivity index (χ1) is 10.1. The number of amides is 1. The van der Waals surface area contributed by atoms with Crippen LogP contribution in [0.2, 0.25) is 0 Å². The second kappa shape index (κ2) is 7.48. The van der Waals surface area contributed by atoms with Crippen LogP contribution in [0.15, 0.2) is 24.3 Å². The van der Waals surface area contributed by atoms with Gasteiger partial charge in [-0.15, -0.1) is 0 Å². The van der Waals surface area contributed by atoms with E-state index in [4.69, 9.17) is 5.26 Å². The molecule has 1 fully saturated rings. The van der Waals surface area contributed by atoms with Gasteiger partial charge in [0.15, 0.2) is 0 Å².